The van der Waals surface area contributed by atoms with E-state index in [0.29, 0.717) is 5.56 Å². The molecule has 2 nitrogen and oxygen atoms in total. The Hall–Kier alpha value is -2.66. The molecule has 3 aromatic rings. The maximum Gasteiger partial charge on any atom is 0.229 e. The molecule has 3 aromatic carbocycles. The van der Waals surface area contributed by atoms with E-state index >= 15 is 0 Å². The molecule has 0 radical (unpaired) electrons. The van der Waals surface area contributed by atoms with Crippen molar-refractivity contribution in [1.82, 2.24) is 0 Å². The molecule has 0 fully saturated rings. The summed E-state index contributed by atoms with van der Waals surface area (Å²) in [5.41, 5.74) is 2.66. The fourth-order valence-electron chi connectivity index (χ4n) is 2.26. The van der Waals surface area contributed by atoms with Gasteiger partial charge in [-0.1, -0.05) is 42.5 Å². The lowest BCUT2D eigenvalue weighted by atomic mass is 9.97. The van der Waals surface area contributed by atoms with Gasteiger partial charge in [-0.05, 0) is 40.1 Å². The number of carbonyl (C=O) groups excluding carboxylic acids is 1. The first-order chi connectivity index (χ1) is 11.7. The van der Waals surface area contributed by atoms with Crippen LogP contribution >= 0.6 is 0 Å². The first-order valence-electron chi connectivity index (χ1n) is 7.00. The van der Waals surface area contributed by atoms with E-state index in [1.807, 2.05) is 30.3 Å². The highest BCUT2D eigenvalue weighted by Crippen LogP contribution is 2.29. The quantitative estimate of drug-likeness (QED) is 0.673. The van der Waals surface area contributed by atoms with Gasteiger partial charge in [-0.3, -0.25) is 4.79 Å². The zero-order valence-corrected chi connectivity index (χ0v) is 13.0. The van der Waals surface area contributed by atoms with Crippen molar-refractivity contribution in [2.45, 2.75) is 0 Å². The zero-order chi connectivity index (χ0) is 17.9. The highest BCUT2D eigenvalue weighted by Gasteiger charge is 2.04. The molecule has 0 unspecified atom stereocenters. The van der Waals surface area contributed by atoms with E-state index in [1.165, 1.54) is 12.1 Å². The molecule has 0 saturated heterocycles. The second-order valence-corrected chi connectivity index (χ2v) is 4.51. The molecule has 0 amide bonds. The van der Waals surface area contributed by atoms with Crippen LogP contribution in [0.1, 0.15) is 10.4 Å². The van der Waals surface area contributed by atoms with Gasteiger partial charge in [-0.2, -0.15) is 0 Å². The van der Waals surface area contributed by atoms with Crippen LogP contribution in [0.15, 0.2) is 60.7 Å². The van der Waals surface area contributed by atoms with E-state index in [4.69, 9.17) is 5.11 Å². The summed E-state index contributed by atoms with van der Waals surface area (Å²) in [4.78, 5) is 10.8. The number of rotatable bonds is 2. The molecule has 0 spiro atoms. The Morgan fingerprint density at radius 1 is 0.958 bits per heavy atom. The van der Waals surface area contributed by atoms with Gasteiger partial charge in [0.05, 0.1) is 0 Å². The number of hydrogen-bond acceptors (Lipinski definition) is 2. The molecule has 24 heavy (non-hydrogen) atoms. The summed E-state index contributed by atoms with van der Waals surface area (Å²) in [5.74, 6) is -0.243. The SMILES string of the molecule is CO.FCF.O=Cc1ccc2c(-c3ccc(F)cc3)cccc2c1. The van der Waals surface area contributed by atoms with Crippen LogP contribution in [0.25, 0.3) is 21.9 Å². The van der Waals surface area contributed by atoms with E-state index in [9.17, 15) is 18.0 Å². The Balaban J connectivity index is 0.000000521. The minimum Gasteiger partial charge on any atom is -0.400 e. The average Bonchev–Trinajstić information content (AvgIpc) is 2.64. The molecule has 126 valence electrons. The molecular formula is C19H17F3O2. The molecule has 0 saturated carbocycles. The van der Waals surface area contributed by atoms with Gasteiger partial charge < -0.3 is 5.11 Å². The van der Waals surface area contributed by atoms with Gasteiger partial charge in [0, 0.05) is 12.7 Å². The van der Waals surface area contributed by atoms with Crippen molar-refractivity contribution in [2.24, 2.45) is 0 Å². The second-order valence-electron chi connectivity index (χ2n) is 4.51. The molecule has 0 bridgehead atoms. The topological polar surface area (TPSA) is 37.3 Å². The first-order valence-corrected chi connectivity index (χ1v) is 7.00. The normalized spacial score (nSPS) is 9.38. The summed E-state index contributed by atoms with van der Waals surface area (Å²) in [6.07, 6.45) is 0.837. The van der Waals surface area contributed by atoms with Gasteiger partial charge in [-0.25, -0.2) is 13.2 Å². The molecule has 0 atom stereocenters. The van der Waals surface area contributed by atoms with Crippen LogP contribution in [0.4, 0.5) is 13.2 Å². The Kier molecular flexibility index (Phi) is 8.22. The van der Waals surface area contributed by atoms with Crippen molar-refractivity contribution in [3.63, 3.8) is 0 Å². The van der Waals surface area contributed by atoms with E-state index in [0.717, 1.165) is 35.3 Å². The molecule has 0 aliphatic rings. The molecular weight excluding hydrogens is 317 g/mol. The molecule has 1 N–H and O–H groups in total. The Labute approximate surface area is 138 Å². The second kappa shape index (κ2) is 10.2. The number of carbonyl (C=O) groups is 1. The number of fused-ring (bicyclic) bond motifs is 1. The third kappa shape index (κ3) is 4.93. The molecule has 3 rings (SSSR count). The standard InChI is InChI=1S/C17H11FO.CH2F2.CH4O/c18-15-7-5-13(6-8-15)16-3-1-2-14-10-12(11-19)4-9-17(14)16;2-1-3;1-2/h1-11H;1H2;2H,1H3. The fourth-order valence-corrected chi connectivity index (χ4v) is 2.26. The van der Waals surface area contributed by atoms with Crippen LogP contribution in [-0.2, 0) is 0 Å². The number of aldehydes is 1. The maximum atomic E-state index is 13.0. The van der Waals surface area contributed by atoms with Crippen LogP contribution in [0, 0.1) is 5.82 Å². The van der Waals surface area contributed by atoms with E-state index in [-0.39, 0.29) is 5.82 Å². The monoisotopic (exact) mass is 334 g/mol. The number of hydrogen-bond donors (Lipinski definition) is 1. The van der Waals surface area contributed by atoms with Crippen molar-refractivity contribution in [1.29, 1.82) is 0 Å². The maximum absolute atomic E-state index is 13.0. The molecule has 5 heteroatoms. The smallest absolute Gasteiger partial charge is 0.229 e. The highest BCUT2D eigenvalue weighted by atomic mass is 19.3. The van der Waals surface area contributed by atoms with E-state index in [1.54, 1.807) is 18.2 Å². The molecule has 0 aliphatic carbocycles. The fraction of sp³-hybridized carbons (Fsp3) is 0.105. The van der Waals surface area contributed by atoms with Crippen LogP contribution in [-0.4, -0.2) is 25.4 Å². The average molecular weight is 334 g/mol. The third-order valence-corrected chi connectivity index (χ3v) is 3.20. The van der Waals surface area contributed by atoms with Crippen LogP contribution in [0.2, 0.25) is 0 Å². The van der Waals surface area contributed by atoms with Crippen molar-refractivity contribution >= 4 is 17.1 Å². The predicted octanol–water partition coefficient (Wildman–Crippen LogP) is 4.95. The van der Waals surface area contributed by atoms with Crippen molar-refractivity contribution in [2.75, 3.05) is 14.0 Å². The number of aliphatic hydroxyl groups excluding tert-OH is 1. The van der Waals surface area contributed by atoms with Gasteiger partial charge in [0.1, 0.15) is 12.1 Å². The first kappa shape index (κ1) is 19.4. The number of alkyl halides is 2. The number of halogens is 3. The molecule has 0 aromatic heterocycles. The summed E-state index contributed by atoms with van der Waals surface area (Å²) >= 11 is 0. The van der Waals surface area contributed by atoms with Gasteiger partial charge in [0.2, 0.25) is 6.93 Å². The van der Waals surface area contributed by atoms with Crippen LogP contribution in [0.5, 0.6) is 0 Å². The minimum atomic E-state index is -1.75. The lowest BCUT2D eigenvalue weighted by Crippen LogP contribution is -1.84. The Morgan fingerprint density at radius 2 is 1.58 bits per heavy atom. The van der Waals surface area contributed by atoms with Gasteiger partial charge >= 0.3 is 0 Å². The van der Waals surface area contributed by atoms with Gasteiger partial charge in [0.15, 0.2) is 0 Å². The largest absolute Gasteiger partial charge is 0.400 e. The van der Waals surface area contributed by atoms with E-state index in [2.05, 4.69) is 0 Å². The van der Waals surface area contributed by atoms with Crippen LogP contribution in [0.3, 0.4) is 0 Å². The number of benzene rings is 3. The summed E-state index contributed by atoms with van der Waals surface area (Å²) < 4.78 is 32.2. The van der Waals surface area contributed by atoms with E-state index < -0.39 is 6.93 Å². The summed E-state index contributed by atoms with van der Waals surface area (Å²) in [5, 5.41) is 9.06. The summed E-state index contributed by atoms with van der Waals surface area (Å²) in [6.45, 7) is -1.75. The summed E-state index contributed by atoms with van der Waals surface area (Å²) in [6, 6.07) is 17.9. The van der Waals surface area contributed by atoms with Crippen molar-refractivity contribution in [3.8, 4) is 11.1 Å². The lowest BCUT2D eigenvalue weighted by Gasteiger charge is -2.07. The number of aliphatic hydroxyl groups is 1. The Morgan fingerprint density at radius 3 is 2.17 bits per heavy atom. The van der Waals surface area contributed by atoms with Crippen molar-refractivity contribution < 1.29 is 23.1 Å². The minimum absolute atomic E-state index is 0.243. The molecule has 0 heterocycles. The Bertz CT molecular complexity index is 771. The molecule has 0 aliphatic heterocycles. The van der Waals surface area contributed by atoms with Gasteiger partial charge in [-0.15, -0.1) is 0 Å². The highest BCUT2D eigenvalue weighted by molar-refractivity contribution is 5.98. The summed E-state index contributed by atoms with van der Waals surface area (Å²) in [7, 11) is 1.00. The third-order valence-electron chi connectivity index (χ3n) is 3.20. The predicted molar refractivity (Wildman–Crippen MR) is 90.0 cm³/mol. The van der Waals surface area contributed by atoms with Crippen LogP contribution < -0.4 is 0 Å². The zero-order valence-electron chi connectivity index (χ0n) is 13.0. The lowest BCUT2D eigenvalue weighted by molar-refractivity contribution is 0.112. The van der Waals surface area contributed by atoms with Crippen molar-refractivity contribution in [3.05, 3.63) is 72.0 Å². The van der Waals surface area contributed by atoms with Gasteiger partial charge in [0.25, 0.3) is 0 Å².